The molecule has 0 nitrogen and oxygen atoms in total. The van der Waals surface area contributed by atoms with Gasteiger partial charge in [-0.1, -0.05) is 99.3 Å². The second kappa shape index (κ2) is 11.3. The van der Waals surface area contributed by atoms with E-state index < -0.39 is 12.3 Å². The zero-order chi connectivity index (χ0) is 24.0. The number of unbranched alkanes of at least 4 members (excludes halogenated alkanes) is 1. The van der Waals surface area contributed by atoms with Gasteiger partial charge in [-0.2, -0.15) is 0 Å². The van der Waals surface area contributed by atoms with Crippen LogP contribution in [0.5, 0.6) is 0 Å². The number of hydrogen-bond donors (Lipinski definition) is 0. The predicted octanol–water partition coefficient (Wildman–Crippen LogP) is 9.69. The Morgan fingerprint density at radius 3 is 2.29 bits per heavy atom. The summed E-state index contributed by atoms with van der Waals surface area (Å²) in [5.41, 5.74) is 2.95. The molecule has 180 valence electrons. The standard InChI is InChI=1S/C31H35F3/c1-2-3-19-31(34)20-8-7-11-29(31)27(18-21-32)26-16-17-28(30(33)22-26)25-14-12-24(13-15-25)23-9-5-4-6-10-23/h4-6,9-10,12-17,22,27,29H,2-3,7-8,11,18-21H2,1H3. The van der Waals surface area contributed by atoms with Gasteiger partial charge in [-0.25, -0.2) is 8.78 Å². The van der Waals surface area contributed by atoms with Gasteiger partial charge in [0, 0.05) is 5.56 Å². The third-order valence-electron chi connectivity index (χ3n) is 7.60. The molecule has 1 aliphatic rings. The first-order valence-electron chi connectivity index (χ1n) is 12.8. The minimum Gasteiger partial charge on any atom is -0.251 e. The van der Waals surface area contributed by atoms with Crippen LogP contribution in [0.3, 0.4) is 0 Å². The minimum atomic E-state index is -1.28. The first-order valence-corrected chi connectivity index (χ1v) is 12.8. The fourth-order valence-electron chi connectivity index (χ4n) is 5.76. The Labute approximate surface area is 202 Å². The Morgan fingerprint density at radius 1 is 0.912 bits per heavy atom. The van der Waals surface area contributed by atoms with Crippen molar-refractivity contribution in [1.82, 2.24) is 0 Å². The smallest absolute Gasteiger partial charge is 0.131 e. The fraction of sp³-hybridized carbons (Fsp3) is 0.419. The topological polar surface area (TPSA) is 0 Å². The minimum absolute atomic E-state index is 0.243. The van der Waals surface area contributed by atoms with E-state index >= 15 is 8.78 Å². The van der Waals surface area contributed by atoms with Gasteiger partial charge in [0.2, 0.25) is 0 Å². The lowest BCUT2D eigenvalue weighted by atomic mass is 9.66. The van der Waals surface area contributed by atoms with E-state index in [0.29, 0.717) is 18.4 Å². The highest BCUT2D eigenvalue weighted by molar-refractivity contribution is 5.70. The molecule has 3 heteroatoms. The molecule has 1 aliphatic carbocycles. The monoisotopic (exact) mass is 464 g/mol. The fourth-order valence-corrected chi connectivity index (χ4v) is 5.76. The van der Waals surface area contributed by atoms with Crippen molar-refractivity contribution in [2.24, 2.45) is 5.92 Å². The molecule has 0 amide bonds. The van der Waals surface area contributed by atoms with E-state index in [9.17, 15) is 4.39 Å². The molecule has 1 saturated carbocycles. The van der Waals surface area contributed by atoms with Crippen molar-refractivity contribution in [1.29, 1.82) is 0 Å². The summed E-state index contributed by atoms with van der Waals surface area (Å²) in [4.78, 5) is 0. The van der Waals surface area contributed by atoms with Gasteiger partial charge in [0.25, 0.3) is 0 Å². The van der Waals surface area contributed by atoms with Crippen molar-refractivity contribution >= 4 is 0 Å². The molecule has 0 N–H and O–H groups in total. The lowest BCUT2D eigenvalue weighted by Gasteiger charge is -2.42. The lowest BCUT2D eigenvalue weighted by Crippen LogP contribution is -2.40. The van der Waals surface area contributed by atoms with Crippen LogP contribution in [0.15, 0.2) is 72.8 Å². The molecule has 0 spiro atoms. The van der Waals surface area contributed by atoms with E-state index in [-0.39, 0.29) is 24.1 Å². The van der Waals surface area contributed by atoms with Gasteiger partial charge in [0.05, 0.1) is 6.67 Å². The van der Waals surface area contributed by atoms with Gasteiger partial charge < -0.3 is 0 Å². The summed E-state index contributed by atoms with van der Waals surface area (Å²) in [5.74, 6) is -0.877. The van der Waals surface area contributed by atoms with Crippen molar-refractivity contribution in [3.05, 3.63) is 84.2 Å². The van der Waals surface area contributed by atoms with Crippen LogP contribution in [0, 0.1) is 11.7 Å². The molecule has 1 fully saturated rings. The van der Waals surface area contributed by atoms with Crippen molar-refractivity contribution < 1.29 is 13.2 Å². The molecule has 0 heterocycles. The molecule has 0 aliphatic heterocycles. The highest BCUT2D eigenvalue weighted by atomic mass is 19.1. The van der Waals surface area contributed by atoms with Crippen molar-refractivity contribution in [3.63, 3.8) is 0 Å². The zero-order valence-corrected chi connectivity index (χ0v) is 20.1. The van der Waals surface area contributed by atoms with Gasteiger partial charge in [-0.05, 0) is 65.8 Å². The van der Waals surface area contributed by atoms with Gasteiger partial charge >= 0.3 is 0 Å². The van der Waals surface area contributed by atoms with Crippen LogP contribution in [-0.2, 0) is 0 Å². The average Bonchev–Trinajstić information content (AvgIpc) is 2.87. The molecular weight excluding hydrogens is 429 g/mol. The molecule has 0 bridgehead atoms. The van der Waals surface area contributed by atoms with Gasteiger partial charge in [-0.3, -0.25) is 4.39 Å². The van der Waals surface area contributed by atoms with Crippen molar-refractivity contribution in [2.45, 2.75) is 69.9 Å². The molecule has 0 aromatic heterocycles. The molecule has 3 atom stereocenters. The molecule has 3 aromatic carbocycles. The number of alkyl halides is 2. The van der Waals surface area contributed by atoms with E-state index in [2.05, 4.69) is 6.92 Å². The molecule has 3 aromatic rings. The van der Waals surface area contributed by atoms with Crippen LogP contribution in [0.25, 0.3) is 22.3 Å². The quantitative estimate of drug-likeness (QED) is 0.296. The van der Waals surface area contributed by atoms with Crippen LogP contribution in [0.1, 0.15) is 69.8 Å². The SMILES string of the molecule is CCCCC1(F)CCCCC1C(CCF)c1ccc(-c2ccc(-c3ccccc3)cc2)c(F)c1. The summed E-state index contributed by atoms with van der Waals surface area (Å²) < 4.78 is 45.0. The summed E-state index contributed by atoms with van der Waals surface area (Å²) in [7, 11) is 0. The van der Waals surface area contributed by atoms with E-state index in [1.807, 2.05) is 60.7 Å². The van der Waals surface area contributed by atoms with Crippen LogP contribution < -0.4 is 0 Å². The molecule has 0 saturated heterocycles. The lowest BCUT2D eigenvalue weighted by molar-refractivity contribution is 0.00946. The molecule has 4 rings (SSSR count). The third-order valence-corrected chi connectivity index (χ3v) is 7.60. The maximum absolute atomic E-state index is 16.1. The first kappa shape index (κ1) is 24.6. The van der Waals surface area contributed by atoms with Crippen molar-refractivity contribution in [2.75, 3.05) is 6.67 Å². The first-order chi connectivity index (χ1) is 16.6. The van der Waals surface area contributed by atoms with E-state index in [0.717, 1.165) is 54.4 Å². The average molecular weight is 465 g/mol. The Balaban J connectivity index is 1.60. The zero-order valence-electron chi connectivity index (χ0n) is 20.1. The Morgan fingerprint density at radius 2 is 1.62 bits per heavy atom. The maximum Gasteiger partial charge on any atom is 0.131 e. The highest BCUT2D eigenvalue weighted by Crippen LogP contribution is 2.49. The van der Waals surface area contributed by atoms with Crippen LogP contribution >= 0.6 is 0 Å². The number of halogens is 3. The van der Waals surface area contributed by atoms with Gasteiger partial charge in [0.1, 0.15) is 11.5 Å². The second-order valence-corrected chi connectivity index (χ2v) is 9.76. The van der Waals surface area contributed by atoms with E-state index in [1.165, 1.54) is 6.07 Å². The summed E-state index contributed by atoms with van der Waals surface area (Å²) in [6.07, 6.45) is 5.66. The van der Waals surface area contributed by atoms with E-state index in [1.54, 1.807) is 6.07 Å². The molecule has 0 radical (unpaired) electrons. The second-order valence-electron chi connectivity index (χ2n) is 9.76. The molecule has 34 heavy (non-hydrogen) atoms. The highest BCUT2D eigenvalue weighted by Gasteiger charge is 2.44. The van der Waals surface area contributed by atoms with Gasteiger partial charge in [0.15, 0.2) is 0 Å². The normalized spacial score (nSPS) is 21.4. The Hall–Kier alpha value is -2.55. The summed E-state index contributed by atoms with van der Waals surface area (Å²) in [6, 6.07) is 23.1. The number of benzene rings is 3. The summed E-state index contributed by atoms with van der Waals surface area (Å²) >= 11 is 0. The number of hydrogen-bond acceptors (Lipinski definition) is 0. The third kappa shape index (κ3) is 5.40. The van der Waals surface area contributed by atoms with E-state index in [4.69, 9.17) is 0 Å². The van der Waals surface area contributed by atoms with Crippen LogP contribution in [0.2, 0.25) is 0 Å². The summed E-state index contributed by atoms with van der Waals surface area (Å²) in [5, 5.41) is 0. The largest absolute Gasteiger partial charge is 0.251 e. The predicted molar refractivity (Wildman–Crippen MR) is 136 cm³/mol. The summed E-state index contributed by atoms with van der Waals surface area (Å²) in [6.45, 7) is 1.55. The van der Waals surface area contributed by atoms with Gasteiger partial charge in [-0.15, -0.1) is 0 Å². The molecular formula is C31H35F3. The number of rotatable bonds is 9. The Kier molecular flexibility index (Phi) is 8.13. The maximum atomic E-state index is 16.1. The Bertz CT molecular complexity index is 1040. The van der Waals surface area contributed by atoms with Crippen LogP contribution in [-0.4, -0.2) is 12.3 Å². The van der Waals surface area contributed by atoms with Crippen molar-refractivity contribution in [3.8, 4) is 22.3 Å². The molecule has 3 unspecified atom stereocenters. The van der Waals surface area contributed by atoms with Crippen LogP contribution in [0.4, 0.5) is 13.2 Å².